The van der Waals surface area contributed by atoms with Gasteiger partial charge in [0.2, 0.25) is 0 Å². The van der Waals surface area contributed by atoms with Crippen LogP contribution in [0.25, 0.3) is 11.3 Å². The lowest BCUT2D eigenvalue weighted by atomic mass is 10.0. The molecule has 0 amide bonds. The fraction of sp³-hybridized carbons (Fsp3) is 0.308. The second kappa shape index (κ2) is 5.98. The highest BCUT2D eigenvalue weighted by Gasteiger charge is 2.22. The smallest absolute Gasteiger partial charge is 0.184 e. The Morgan fingerprint density at radius 1 is 1.16 bits per heavy atom. The van der Waals surface area contributed by atoms with E-state index in [9.17, 15) is 5.11 Å². The summed E-state index contributed by atoms with van der Waals surface area (Å²) < 4.78 is 0.399. The summed E-state index contributed by atoms with van der Waals surface area (Å²) in [7, 11) is 0. The van der Waals surface area contributed by atoms with Crippen molar-refractivity contribution in [2.75, 3.05) is 0 Å². The first-order valence-corrected chi connectivity index (χ1v) is 7.65. The van der Waals surface area contributed by atoms with Crippen molar-refractivity contribution in [3.05, 3.63) is 37.6 Å². The monoisotopic (exact) mass is 335 g/mol. The van der Waals surface area contributed by atoms with E-state index in [-0.39, 0.29) is 5.92 Å². The molecule has 2 aromatic rings. The van der Waals surface area contributed by atoms with Crippen LogP contribution in [0.3, 0.4) is 0 Å². The van der Waals surface area contributed by atoms with E-state index in [0.29, 0.717) is 20.2 Å². The Kier molecular flexibility index (Phi) is 4.75. The maximum Gasteiger partial charge on any atom is 0.184 e. The summed E-state index contributed by atoms with van der Waals surface area (Å²) in [6.07, 6.45) is -0.602. The molecule has 0 aliphatic heterocycles. The van der Waals surface area contributed by atoms with Crippen molar-refractivity contribution in [3.8, 4) is 11.3 Å². The SMILES string of the molecule is CC(C)C(O)c1sc(Cl)nc1-c1ccc(Cl)c(Cl)c1. The molecule has 0 bridgehead atoms. The van der Waals surface area contributed by atoms with Gasteiger partial charge in [-0.2, -0.15) is 0 Å². The van der Waals surface area contributed by atoms with E-state index in [2.05, 4.69) is 4.98 Å². The van der Waals surface area contributed by atoms with Crippen molar-refractivity contribution >= 4 is 46.1 Å². The number of thiazole rings is 1. The third-order valence-corrected chi connectivity index (χ3v) is 4.69. The minimum Gasteiger partial charge on any atom is -0.387 e. The Bertz CT molecular complexity index is 598. The van der Waals surface area contributed by atoms with Gasteiger partial charge >= 0.3 is 0 Å². The highest BCUT2D eigenvalue weighted by molar-refractivity contribution is 7.16. The zero-order valence-corrected chi connectivity index (χ0v) is 13.4. The quantitative estimate of drug-likeness (QED) is 0.807. The fourth-order valence-electron chi connectivity index (χ4n) is 1.66. The van der Waals surface area contributed by atoms with E-state index < -0.39 is 6.10 Å². The van der Waals surface area contributed by atoms with Crippen LogP contribution in [-0.4, -0.2) is 10.1 Å². The molecule has 1 N–H and O–H groups in total. The van der Waals surface area contributed by atoms with Gasteiger partial charge in [0.15, 0.2) is 4.47 Å². The first-order chi connectivity index (χ1) is 8.90. The van der Waals surface area contributed by atoms with Crippen LogP contribution in [-0.2, 0) is 0 Å². The summed E-state index contributed by atoms with van der Waals surface area (Å²) in [6, 6.07) is 5.25. The lowest BCUT2D eigenvalue weighted by Crippen LogP contribution is -2.04. The zero-order chi connectivity index (χ0) is 14.2. The average molecular weight is 337 g/mol. The highest BCUT2D eigenvalue weighted by atomic mass is 35.5. The summed E-state index contributed by atoms with van der Waals surface area (Å²) in [5.74, 6) is 0.0815. The maximum atomic E-state index is 10.2. The van der Waals surface area contributed by atoms with Gasteiger partial charge in [-0.15, -0.1) is 11.3 Å². The molecule has 0 saturated carbocycles. The van der Waals surface area contributed by atoms with Crippen molar-refractivity contribution in [1.82, 2.24) is 4.98 Å². The predicted octanol–water partition coefficient (Wildman–Crippen LogP) is 5.46. The van der Waals surface area contributed by atoms with E-state index in [4.69, 9.17) is 34.8 Å². The molecule has 1 heterocycles. The second-order valence-corrected chi connectivity index (χ2v) is 6.92. The molecule has 0 radical (unpaired) electrons. The molecule has 102 valence electrons. The van der Waals surface area contributed by atoms with Gasteiger partial charge in [-0.3, -0.25) is 0 Å². The van der Waals surface area contributed by atoms with Crippen molar-refractivity contribution in [3.63, 3.8) is 0 Å². The van der Waals surface area contributed by atoms with Crippen LogP contribution in [0.4, 0.5) is 0 Å². The molecule has 2 rings (SSSR count). The molecule has 1 aromatic heterocycles. The van der Waals surface area contributed by atoms with E-state index in [1.165, 1.54) is 11.3 Å². The number of benzene rings is 1. The maximum absolute atomic E-state index is 10.2. The number of aromatic nitrogens is 1. The molecular formula is C13H12Cl3NOS. The number of nitrogens with zero attached hydrogens (tertiary/aromatic N) is 1. The van der Waals surface area contributed by atoms with E-state index >= 15 is 0 Å². The normalized spacial score (nSPS) is 13.0. The molecule has 0 spiro atoms. The first-order valence-electron chi connectivity index (χ1n) is 5.70. The summed E-state index contributed by atoms with van der Waals surface area (Å²) in [5.41, 5.74) is 1.46. The van der Waals surface area contributed by atoms with Crippen LogP contribution >= 0.6 is 46.1 Å². The second-order valence-electron chi connectivity index (χ2n) is 4.50. The Morgan fingerprint density at radius 3 is 2.42 bits per heavy atom. The topological polar surface area (TPSA) is 33.1 Å². The number of hydrogen-bond donors (Lipinski definition) is 1. The molecule has 6 heteroatoms. The summed E-state index contributed by atoms with van der Waals surface area (Å²) in [5, 5.41) is 11.2. The molecule has 0 aliphatic rings. The van der Waals surface area contributed by atoms with Gasteiger partial charge in [0.25, 0.3) is 0 Å². The number of halogens is 3. The molecule has 1 atom stereocenters. The Balaban J connectivity index is 2.52. The van der Waals surface area contributed by atoms with Crippen LogP contribution < -0.4 is 0 Å². The van der Waals surface area contributed by atoms with E-state index in [0.717, 1.165) is 10.4 Å². The van der Waals surface area contributed by atoms with Gasteiger partial charge in [-0.1, -0.05) is 54.7 Å². The molecule has 0 saturated heterocycles. The van der Waals surface area contributed by atoms with Gasteiger partial charge in [-0.25, -0.2) is 4.98 Å². The first kappa shape index (κ1) is 15.1. The van der Waals surface area contributed by atoms with E-state index in [1.54, 1.807) is 12.1 Å². The van der Waals surface area contributed by atoms with Crippen molar-refractivity contribution in [1.29, 1.82) is 0 Å². The third-order valence-electron chi connectivity index (χ3n) is 2.72. The zero-order valence-electron chi connectivity index (χ0n) is 10.3. The summed E-state index contributed by atoms with van der Waals surface area (Å²) >= 11 is 19.2. The van der Waals surface area contributed by atoms with Crippen molar-refractivity contribution in [2.45, 2.75) is 20.0 Å². The molecule has 1 unspecified atom stereocenters. The van der Waals surface area contributed by atoms with Crippen LogP contribution in [0.15, 0.2) is 18.2 Å². The molecule has 19 heavy (non-hydrogen) atoms. The molecule has 0 aliphatic carbocycles. The third kappa shape index (κ3) is 3.23. The standard InChI is InChI=1S/C13H12Cl3NOS/c1-6(2)11(18)12-10(17-13(16)19-12)7-3-4-8(14)9(15)5-7/h3-6,11,18H,1-2H3. The van der Waals surface area contributed by atoms with Gasteiger partial charge in [0, 0.05) is 5.56 Å². The Labute approximate surface area is 131 Å². The average Bonchev–Trinajstić information content (AvgIpc) is 2.73. The Hall–Kier alpha value is -0.320. The number of hydrogen-bond acceptors (Lipinski definition) is 3. The highest BCUT2D eigenvalue weighted by Crippen LogP contribution is 2.39. The van der Waals surface area contributed by atoms with Gasteiger partial charge < -0.3 is 5.11 Å². The van der Waals surface area contributed by atoms with Crippen molar-refractivity contribution < 1.29 is 5.11 Å². The van der Waals surface area contributed by atoms with Crippen LogP contribution in [0, 0.1) is 5.92 Å². The molecule has 0 fully saturated rings. The van der Waals surface area contributed by atoms with Gasteiger partial charge in [0.05, 0.1) is 26.7 Å². The van der Waals surface area contributed by atoms with Crippen LogP contribution in [0.2, 0.25) is 14.5 Å². The number of rotatable bonds is 3. The lowest BCUT2D eigenvalue weighted by Gasteiger charge is -2.14. The summed E-state index contributed by atoms with van der Waals surface area (Å²) in [6.45, 7) is 3.88. The fourth-order valence-corrected chi connectivity index (χ4v) is 3.26. The predicted molar refractivity (Wildman–Crippen MR) is 82.4 cm³/mol. The number of aliphatic hydroxyl groups excluding tert-OH is 1. The minimum absolute atomic E-state index is 0.0815. The number of aliphatic hydroxyl groups is 1. The van der Waals surface area contributed by atoms with Gasteiger partial charge in [-0.05, 0) is 18.1 Å². The lowest BCUT2D eigenvalue weighted by molar-refractivity contribution is 0.131. The summed E-state index contributed by atoms with van der Waals surface area (Å²) in [4.78, 5) is 5.03. The van der Waals surface area contributed by atoms with E-state index in [1.807, 2.05) is 19.9 Å². The van der Waals surface area contributed by atoms with Crippen LogP contribution in [0.1, 0.15) is 24.8 Å². The molecular weight excluding hydrogens is 325 g/mol. The molecule has 1 aromatic carbocycles. The minimum atomic E-state index is -0.602. The van der Waals surface area contributed by atoms with Crippen LogP contribution in [0.5, 0.6) is 0 Å². The van der Waals surface area contributed by atoms with Crippen molar-refractivity contribution in [2.24, 2.45) is 5.92 Å². The molecule has 2 nitrogen and oxygen atoms in total. The van der Waals surface area contributed by atoms with Gasteiger partial charge in [0.1, 0.15) is 0 Å². The Morgan fingerprint density at radius 2 is 1.84 bits per heavy atom. The largest absolute Gasteiger partial charge is 0.387 e.